The summed E-state index contributed by atoms with van der Waals surface area (Å²) in [5.74, 6) is -2.02. The molecule has 0 aromatic heterocycles. The Bertz CT molecular complexity index is 666. The second kappa shape index (κ2) is 5.97. The summed E-state index contributed by atoms with van der Waals surface area (Å²) < 4.78 is 32.1. The van der Waals surface area contributed by atoms with Crippen LogP contribution in [0.5, 0.6) is 11.5 Å². The predicted octanol–water partition coefficient (Wildman–Crippen LogP) is 3.85. The lowest BCUT2D eigenvalue weighted by molar-refractivity contribution is -0.131. The number of carboxylic acid groups (broad SMARTS) is 1. The number of halogens is 2. The zero-order valence-corrected chi connectivity index (χ0v) is 10.2. The third-order valence-corrected chi connectivity index (χ3v) is 2.43. The van der Waals surface area contributed by atoms with Crippen molar-refractivity contribution in [1.29, 1.82) is 0 Å². The number of benzene rings is 2. The van der Waals surface area contributed by atoms with Gasteiger partial charge in [0.15, 0.2) is 0 Å². The van der Waals surface area contributed by atoms with E-state index in [9.17, 15) is 13.6 Å². The molecule has 0 amide bonds. The van der Waals surface area contributed by atoms with Crippen LogP contribution in [-0.4, -0.2) is 11.1 Å². The summed E-state index contributed by atoms with van der Waals surface area (Å²) in [5, 5.41) is 8.58. The van der Waals surface area contributed by atoms with Gasteiger partial charge in [0.25, 0.3) is 0 Å². The number of ether oxygens (including phenoxy) is 1. The Labute approximate surface area is 113 Å². The maximum atomic E-state index is 13.7. The zero-order valence-electron chi connectivity index (χ0n) is 10.2. The average molecular weight is 276 g/mol. The van der Waals surface area contributed by atoms with Crippen LogP contribution in [-0.2, 0) is 4.79 Å². The summed E-state index contributed by atoms with van der Waals surface area (Å²) in [6, 6.07) is 9.44. The first kappa shape index (κ1) is 13.7. The van der Waals surface area contributed by atoms with E-state index < -0.39 is 17.6 Å². The van der Waals surface area contributed by atoms with Crippen LogP contribution in [0.1, 0.15) is 5.56 Å². The third kappa shape index (κ3) is 3.41. The van der Waals surface area contributed by atoms with Gasteiger partial charge in [0.1, 0.15) is 23.1 Å². The van der Waals surface area contributed by atoms with Gasteiger partial charge in [0.05, 0.1) is 5.56 Å². The summed E-state index contributed by atoms with van der Waals surface area (Å²) in [6.45, 7) is 0. The summed E-state index contributed by atoms with van der Waals surface area (Å²) in [4.78, 5) is 10.5. The van der Waals surface area contributed by atoms with Crippen molar-refractivity contribution in [3.05, 3.63) is 65.7 Å². The van der Waals surface area contributed by atoms with Crippen molar-refractivity contribution in [3.63, 3.8) is 0 Å². The highest BCUT2D eigenvalue weighted by Gasteiger charge is 2.08. The molecule has 0 bridgehead atoms. The number of hydrogen-bond acceptors (Lipinski definition) is 2. The van der Waals surface area contributed by atoms with E-state index in [1.807, 2.05) is 0 Å². The number of hydrogen-bond donors (Lipinski definition) is 1. The Morgan fingerprint density at radius 2 is 1.90 bits per heavy atom. The standard InChI is InChI=1S/C15H10F2O3/c16-10-3-1-4-11(9-10)20-14-6-2-5-13(17)12(14)7-8-15(18)19/h1-9H,(H,18,19)/b8-7+. The lowest BCUT2D eigenvalue weighted by Gasteiger charge is -2.09. The van der Waals surface area contributed by atoms with Crippen molar-refractivity contribution < 1.29 is 23.4 Å². The van der Waals surface area contributed by atoms with Gasteiger partial charge in [-0.2, -0.15) is 0 Å². The van der Waals surface area contributed by atoms with E-state index >= 15 is 0 Å². The van der Waals surface area contributed by atoms with E-state index in [0.29, 0.717) is 0 Å². The Hall–Kier alpha value is -2.69. The highest BCUT2D eigenvalue weighted by molar-refractivity contribution is 5.86. The molecule has 0 radical (unpaired) electrons. The first-order chi connectivity index (χ1) is 9.56. The first-order valence-corrected chi connectivity index (χ1v) is 5.69. The van der Waals surface area contributed by atoms with E-state index in [1.54, 1.807) is 0 Å². The third-order valence-electron chi connectivity index (χ3n) is 2.43. The van der Waals surface area contributed by atoms with Gasteiger partial charge in [-0.15, -0.1) is 0 Å². The molecule has 2 rings (SSSR count). The van der Waals surface area contributed by atoms with Crippen LogP contribution in [0.4, 0.5) is 8.78 Å². The molecule has 0 saturated carbocycles. The number of carboxylic acids is 1. The van der Waals surface area contributed by atoms with Gasteiger partial charge in [-0.05, 0) is 30.3 Å². The van der Waals surface area contributed by atoms with Crippen molar-refractivity contribution in [2.75, 3.05) is 0 Å². The topological polar surface area (TPSA) is 46.5 Å². The lowest BCUT2D eigenvalue weighted by atomic mass is 10.1. The maximum Gasteiger partial charge on any atom is 0.328 e. The fraction of sp³-hybridized carbons (Fsp3) is 0. The molecule has 0 aliphatic heterocycles. The minimum absolute atomic E-state index is 0.0147. The van der Waals surface area contributed by atoms with Gasteiger partial charge in [-0.25, -0.2) is 13.6 Å². The van der Waals surface area contributed by atoms with Crippen molar-refractivity contribution >= 4 is 12.0 Å². The Morgan fingerprint density at radius 3 is 2.60 bits per heavy atom. The summed E-state index contributed by atoms with van der Waals surface area (Å²) in [5.41, 5.74) is -0.0147. The monoisotopic (exact) mass is 276 g/mol. The molecular formula is C15H10F2O3. The van der Waals surface area contributed by atoms with E-state index in [2.05, 4.69) is 0 Å². The molecular weight excluding hydrogens is 266 g/mol. The molecule has 0 fully saturated rings. The highest BCUT2D eigenvalue weighted by atomic mass is 19.1. The van der Waals surface area contributed by atoms with E-state index in [1.165, 1.54) is 36.4 Å². The molecule has 0 heterocycles. The second-order valence-electron chi connectivity index (χ2n) is 3.88. The highest BCUT2D eigenvalue weighted by Crippen LogP contribution is 2.28. The van der Waals surface area contributed by atoms with Crippen molar-refractivity contribution in [2.45, 2.75) is 0 Å². The maximum absolute atomic E-state index is 13.7. The molecule has 2 aromatic rings. The summed E-state index contributed by atoms with van der Waals surface area (Å²) >= 11 is 0. The number of aliphatic carboxylic acids is 1. The predicted molar refractivity (Wildman–Crippen MR) is 69.5 cm³/mol. The largest absolute Gasteiger partial charge is 0.478 e. The van der Waals surface area contributed by atoms with Crippen LogP contribution in [0, 0.1) is 11.6 Å². The van der Waals surface area contributed by atoms with Crippen molar-refractivity contribution in [2.24, 2.45) is 0 Å². The molecule has 0 aliphatic carbocycles. The van der Waals surface area contributed by atoms with Gasteiger partial charge < -0.3 is 9.84 Å². The molecule has 0 spiro atoms. The van der Waals surface area contributed by atoms with Gasteiger partial charge in [0.2, 0.25) is 0 Å². The second-order valence-corrected chi connectivity index (χ2v) is 3.88. The SMILES string of the molecule is O=C(O)/C=C/c1c(F)cccc1Oc1cccc(F)c1. The molecule has 102 valence electrons. The zero-order chi connectivity index (χ0) is 14.5. The number of carbonyl (C=O) groups is 1. The van der Waals surface area contributed by atoms with Gasteiger partial charge >= 0.3 is 5.97 Å². The van der Waals surface area contributed by atoms with Crippen LogP contribution in [0.15, 0.2) is 48.5 Å². The van der Waals surface area contributed by atoms with E-state index in [0.717, 1.165) is 18.2 Å². The number of rotatable bonds is 4. The molecule has 1 N–H and O–H groups in total. The minimum atomic E-state index is -1.20. The van der Waals surface area contributed by atoms with Crippen LogP contribution < -0.4 is 4.74 Å². The summed E-state index contributed by atoms with van der Waals surface area (Å²) in [6.07, 6.45) is 1.89. The van der Waals surface area contributed by atoms with Crippen molar-refractivity contribution in [1.82, 2.24) is 0 Å². The molecule has 0 saturated heterocycles. The molecule has 2 aromatic carbocycles. The van der Waals surface area contributed by atoms with Gasteiger partial charge in [-0.3, -0.25) is 0 Å². The smallest absolute Gasteiger partial charge is 0.328 e. The fourth-order valence-electron chi connectivity index (χ4n) is 1.58. The molecule has 5 heteroatoms. The normalized spacial score (nSPS) is 10.7. The molecule has 3 nitrogen and oxygen atoms in total. The first-order valence-electron chi connectivity index (χ1n) is 5.69. The lowest BCUT2D eigenvalue weighted by Crippen LogP contribution is -1.93. The fourth-order valence-corrected chi connectivity index (χ4v) is 1.58. The molecule has 20 heavy (non-hydrogen) atoms. The van der Waals surface area contributed by atoms with Crippen LogP contribution in [0.3, 0.4) is 0 Å². The van der Waals surface area contributed by atoms with Gasteiger partial charge in [0, 0.05) is 12.1 Å². The average Bonchev–Trinajstić information content (AvgIpc) is 2.38. The quantitative estimate of drug-likeness (QED) is 0.863. The molecule has 0 unspecified atom stereocenters. The van der Waals surface area contributed by atoms with Crippen LogP contribution in [0.25, 0.3) is 6.08 Å². The van der Waals surface area contributed by atoms with Crippen LogP contribution in [0.2, 0.25) is 0 Å². The van der Waals surface area contributed by atoms with E-state index in [4.69, 9.17) is 9.84 Å². The minimum Gasteiger partial charge on any atom is -0.478 e. The van der Waals surface area contributed by atoms with Crippen LogP contribution >= 0.6 is 0 Å². The Morgan fingerprint density at radius 1 is 1.15 bits per heavy atom. The van der Waals surface area contributed by atoms with E-state index in [-0.39, 0.29) is 17.1 Å². The Kier molecular flexibility index (Phi) is 4.10. The van der Waals surface area contributed by atoms with Crippen molar-refractivity contribution in [3.8, 4) is 11.5 Å². The molecule has 0 aliphatic rings. The molecule has 0 atom stereocenters. The Balaban J connectivity index is 2.36. The van der Waals surface area contributed by atoms with Gasteiger partial charge in [-0.1, -0.05) is 12.1 Å². The summed E-state index contributed by atoms with van der Waals surface area (Å²) in [7, 11) is 0.